The molecule has 0 amide bonds. The fourth-order valence-electron chi connectivity index (χ4n) is 2.02. The van der Waals surface area contributed by atoms with Gasteiger partial charge in [-0.25, -0.2) is 14.4 Å². The zero-order valence-electron chi connectivity index (χ0n) is 10.6. The molecule has 0 saturated heterocycles. The molecule has 2 aromatic rings. The van der Waals surface area contributed by atoms with Crippen molar-refractivity contribution in [3.63, 3.8) is 0 Å². The molecule has 18 heavy (non-hydrogen) atoms. The Labute approximate surface area is 106 Å². The van der Waals surface area contributed by atoms with Crippen LogP contribution < -0.4 is 5.73 Å². The maximum Gasteiger partial charge on any atom is 0.130 e. The van der Waals surface area contributed by atoms with Crippen LogP contribution in [-0.2, 0) is 6.42 Å². The quantitative estimate of drug-likeness (QED) is 0.903. The number of benzene rings is 1. The fraction of sp³-hybridized carbons (Fsp3) is 0.286. The first-order chi connectivity index (χ1) is 8.65. The molecule has 0 fully saturated rings. The Morgan fingerprint density at radius 2 is 2.06 bits per heavy atom. The molecule has 0 aliphatic rings. The molecule has 3 nitrogen and oxygen atoms in total. The number of nitrogens with two attached hydrogens (primary N) is 1. The van der Waals surface area contributed by atoms with Crippen molar-refractivity contribution in [1.29, 1.82) is 0 Å². The van der Waals surface area contributed by atoms with Gasteiger partial charge in [-0.05, 0) is 25.0 Å². The van der Waals surface area contributed by atoms with Crippen LogP contribution in [0.1, 0.15) is 24.5 Å². The number of nitrogen functional groups attached to an aromatic ring is 1. The summed E-state index contributed by atoms with van der Waals surface area (Å²) in [5.41, 5.74) is 8.90. The first-order valence-electron chi connectivity index (χ1n) is 6.00. The van der Waals surface area contributed by atoms with Crippen LogP contribution in [0.15, 0.2) is 24.5 Å². The molecule has 94 valence electrons. The zero-order valence-corrected chi connectivity index (χ0v) is 10.6. The minimum Gasteiger partial charge on any atom is -0.383 e. The Bertz CT molecular complexity index is 567. The van der Waals surface area contributed by atoms with Gasteiger partial charge in [0.05, 0.1) is 5.69 Å². The average Bonchev–Trinajstić information content (AvgIpc) is 2.36. The van der Waals surface area contributed by atoms with Crippen LogP contribution in [0, 0.1) is 12.7 Å². The molecular formula is C14H16FN3. The van der Waals surface area contributed by atoms with E-state index in [2.05, 4.69) is 16.9 Å². The van der Waals surface area contributed by atoms with Gasteiger partial charge in [-0.3, -0.25) is 0 Å². The van der Waals surface area contributed by atoms with Gasteiger partial charge >= 0.3 is 0 Å². The fourth-order valence-corrected chi connectivity index (χ4v) is 2.02. The molecule has 0 aliphatic carbocycles. The van der Waals surface area contributed by atoms with Gasteiger partial charge in [-0.15, -0.1) is 0 Å². The van der Waals surface area contributed by atoms with Gasteiger partial charge in [-0.1, -0.05) is 25.5 Å². The van der Waals surface area contributed by atoms with Crippen LogP contribution in [0.3, 0.4) is 0 Å². The van der Waals surface area contributed by atoms with Crippen molar-refractivity contribution in [2.24, 2.45) is 0 Å². The van der Waals surface area contributed by atoms with E-state index in [9.17, 15) is 4.39 Å². The minimum absolute atomic E-state index is 0.230. The molecule has 2 N–H and O–H groups in total. The van der Waals surface area contributed by atoms with Gasteiger partial charge in [0.25, 0.3) is 0 Å². The minimum atomic E-state index is -0.230. The van der Waals surface area contributed by atoms with Crippen molar-refractivity contribution in [3.8, 4) is 11.3 Å². The van der Waals surface area contributed by atoms with Crippen LogP contribution in [-0.4, -0.2) is 9.97 Å². The molecule has 0 radical (unpaired) electrons. The highest BCUT2D eigenvalue weighted by Crippen LogP contribution is 2.29. The average molecular weight is 245 g/mol. The Kier molecular flexibility index (Phi) is 3.55. The van der Waals surface area contributed by atoms with Gasteiger partial charge in [-0.2, -0.15) is 0 Å². The molecule has 0 spiro atoms. The van der Waals surface area contributed by atoms with E-state index in [0.29, 0.717) is 11.4 Å². The highest BCUT2D eigenvalue weighted by molar-refractivity contribution is 5.70. The highest BCUT2D eigenvalue weighted by atomic mass is 19.1. The number of hydrogen-bond acceptors (Lipinski definition) is 3. The van der Waals surface area contributed by atoms with Crippen molar-refractivity contribution < 1.29 is 4.39 Å². The van der Waals surface area contributed by atoms with Gasteiger partial charge in [0.2, 0.25) is 0 Å². The van der Waals surface area contributed by atoms with Crippen LogP contribution in [0.2, 0.25) is 0 Å². The maximum absolute atomic E-state index is 13.6. The van der Waals surface area contributed by atoms with Crippen LogP contribution in [0.25, 0.3) is 11.3 Å². The first-order valence-corrected chi connectivity index (χ1v) is 6.00. The Morgan fingerprint density at radius 1 is 1.28 bits per heavy atom. The summed E-state index contributed by atoms with van der Waals surface area (Å²) in [4.78, 5) is 8.28. The number of hydrogen-bond donors (Lipinski definition) is 1. The first kappa shape index (κ1) is 12.5. The molecule has 0 atom stereocenters. The lowest BCUT2D eigenvalue weighted by Gasteiger charge is -2.12. The third-order valence-corrected chi connectivity index (χ3v) is 3.00. The third-order valence-electron chi connectivity index (χ3n) is 3.00. The largest absolute Gasteiger partial charge is 0.383 e. The van der Waals surface area contributed by atoms with Crippen molar-refractivity contribution in [3.05, 3.63) is 41.5 Å². The second-order valence-corrected chi connectivity index (χ2v) is 4.25. The van der Waals surface area contributed by atoms with Gasteiger partial charge in [0.15, 0.2) is 0 Å². The molecule has 0 bridgehead atoms. The van der Waals surface area contributed by atoms with E-state index in [1.54, 1.807) is 13.0 Å². The van der Waals surface area contributed by atoms with Crippen molar-refractivity contribution in [1.82, 2.24) is 9.97 Å². The predicted molar refractivity (Wildman–Crippen MR) is 70.6 cm³/mol. The third kappa shape index (κ3) is 2.18. The Morgan fingerprint density at radius 3 is 2.78 bits per heavy atom. The summed E-state index contributed by atoms with van der Waals surface area (Å²) in [6.07, 6.45) is 3.16. The molecule has 0 saturated carbocycles. The summed E-state index contributed by atoms with van der Waals surface area (Å²) in [7, 11) is 0. The number of anilines is 1. The molecule has 1 aromatic heterocycles. The summed E-state index contributed by atoms with van der Waals surface area (Å²) >= 11 is 0. The SMILES string of the molecule is CCCc1c(N)ncnc1-c1cccc(F)c1C. The number of aromatic nitrogens is 2. The Balaban J connectivity index is 2.63. The zero-order chi connectivity index (χ0) is 13.1. The normalized spacial score (nSPS) is 10.6. The van der Waals surface area contributed by atoms with E-state index in [1.807, 2.05) is 6.07 Å². The molecular weight excluding hydrogens is 229 g/mol. The summed E-state index contributed by atoms with van der Waals surface area (Å²) in [6.45, 7) is 3.81. The Hall–Kier alpha value is -1.97. The van der Waals surface area contributed by atoms with E-state index in [4.69, 9.17) is 5.73 Å². The summed E-state index contributed by atoms with van der Waals surface area (Å²) in [5.74, 6) is 0.248. The summed E-state index contributed by atoms with van der Waals surface area (Å²) in [5, 5.41) is 0. The van der Waals surface area contributed by atoms with E-state index < -0.39 is 0 Å². The summed E-state index contributed by atoms with van der Waals surface area (Å²) in [6, 6.07) is 4.99. The molecule has 0 aliphatic heterocycles. The van der Waals surface area contributed by atoms with Crippen molar-refractivity contribution in [2.75, 3.05) is 5.73 Å². The molecule has 2 rings (SSSR count). The van der Waals surface area contributed by atoms with Crippen LogP contribution >= 0.6 is 0 Å². The number of nitrogens with zero attached hydrogens (tertiary/aromatic N) is 2. The van der Waals surface area contributed by atoms with E-state index in [0.717, 1.165) is 29.7 Å². The van der Waals surface area contributed by atoms with E-state index in [1.165, 1.54) is 12.4 Å². The summed E-state index contributed by atoms with van der Waals surface area (Å²) < 4.78 is 13.6. The predicted octanol–water partition coefficient (Wildman–Crippen LogP) is 3.13. The second-order valence-electron chi connectivity index (χ2n) is 4.25. The van der Waals surface area contributed by atoms with Gasteiger partial charge in [0, 0.05) is 11.1 Å². The molecule has 1 aromatic carbocycles. The van der Waals surface area contributed by atoms with E-state index >= 15 is 0 Å². The maximum atomic E-state index is 13.6. The number of rotatable bonds is 3. The van der Waals surface area contributed by atoms with Crippen molar-refractivity contribution >= 4 is 5.82 Å². The topological polar surface area (TPSA) is 51.8 Å². The lowest BCUT2D eigenvalue weighted by atomic mass is 9.99. The molecule has 4 heteroatoms. The second kappa shape index (κ2) is 5.12. The monoisotopic (exact) mass is 245 g/mol. The standard InChI is InChI=1S/C14H16FN3/c1-3-5-11-13(17-8-18-14(11)16)10-6-4-7-12(15)9(10)2/h4,6-8H,3,5H2,1-2H3,(H2,16,17,18). The van der Waals surface area contributed by atoms with Gasteiger partial charge < -0.3 is 5.73 Å². The lowest BCUT2D eigenvalue weighted by molar-refractivity contribution is 0.619. The van der Waals surface area contributed by atoms with Crippen molar-refractivity contribution in [2.45, 2.75) is 26.7 Å². The van der Waals surface area contributed by atoms with Crippen LogP contribution in [0.4, 0.5) is 10.2 Å². The smallest absolute Gasteiger partial charge is 0.130 e. The van der Waals surface area contributed by atoms with Crippen LogP contribution in [0.5, 0.6) is 0 Å². The number of halogens is 1. The van der Waals surface area contributed by atoms with Gasteiger partial charge in [0.1, 0.15) is 18.0 Å². The highest BCUT2D eigenvalue weighted by Gasteiger charge is 2.13. The lowest BCUT2D eigenvalue weighted by Crippen LogP contribution is -2.03. The molecule has 0 unspecified atom stereocenters. The van der Waals surface area contributed by atoms with E-state index in [-0.39, 0.29) is 5.82 Å². The molecule has 1 heterocycles.